The van der Waals surface area contributed by atoms with E-state index in [-0.39, 0.29) is 18.3 Å². The summed E-state index contributed by atoms with van der Waals surface area (Å²) >= 11 is 0. The van der Waals surface area contributed by atoms with Gasteiger partial charge in [0.15, 0.2) is 0 Å². The normalized spacial score (nSPS) is 22.0. The molecule has 0 radical (unpaired) electrons. The minimum absolute atomic E-state index is 0. The van der Waals surface area contributed by atoms with Crippen molar-refractivity contribution in [2.45, 2.75) is 45.6 Å². The fourth-order valence-electron chi connectivity index (χ4n) is 3.05. The van der Waals surface area contributed by atoms with Gasteiger partial charge >= 0.3 is 0 Å². The van der Waals surface area contributed by atoms with Gasteiger partial charge in [0.25, 0.3) is 0 Å². The van der Waals surface area contributed by atoms with Crippen LogP contribution in [0.2, 0.25) is 0 Å². The Bertz CT molecular complexity index is 484. The summed E-state index contributed by atoms with van der Waals surface area (Å²) in [5.41, 5.74) is 7.57. The average Bonchev–Trinajstić information content (AvgIpc) is 2.79. The molecule has 1 aromatic carbocycles. The van der Waals surface area contributed by atoms with Crippen LogP contribution >= 0.6 is 12.4 Å². The monoisotopic (exact) mass is 310 g/mol. The van der Waals surface area contributed by atoms with Gasteiger partial charge in [-0.05, 0) is 52.1 Å². The van der Waals surface area contributed by atoms with Crippen LogP contribution in [0, 0.1) is 12.8 Å². The van der Waals surface area contributed by atoms with Crippen molar-refractivity contribution in [2.24, 2.45) is 11.7 Å². The Morgan fingerprint density at radius 1 is 1.33 bits per heavy atom. The van der Waals surface area contributed by atoms with E-state index in [1.165, 1.54) is 5.56 Å². The van der Waals surface area contributed by atoms with Crippen LogP contribution in [0.4, 0.5) is 0 Å². The highest BCUT2D eigenvalue weighted by molar-refractivity contribution is 5.88. The number of hydrogen-bond acceptors (Lipinski definition) is 2. The number of halogens is 1. The zero-order valence-corrected chi connectivity index (χ0v) is 14.2. The molecule has 0 aliphatic carbocycles. The fourth-order valence-corrected chi connectivity index (χ4v) is 3.05. The van der Waals surface area contributed by atoms with Gasteiger partial charge in [0.05, 0.1) is 5.41 Å². The van der Waals surface area contributed by atoms with Crippen LogP contribution in [-0.4, -0.2) is 29.9 Å². The number of carbonyl (C=O) groups is 1. The standard InChI is InChI=1S/C17H26N2O.ClH/c1-12-5-7-15(8-6-12)17(3,4)16(20)19-11-14(10-18)9-13(19)2;/h5-8,13-14H,9-11,18H2,1-4H3;1H. The van der Waals surface area contributed by atoms with Gasteiger partial charge in [-0.3, -0.25) is 4.79 Å². The molecule has 0 spiro atoms. The second-order valence-electron chi connectivity index (χ2n) is 6.63. The summed E-state index contributed by atoms with van der Waals surface area (Å²) in [4.78, 5) is 14.9. The summed E-state index contributed by atoms with van der Waals surface area (Å²) < 4.78 is 0. The van der Waals surface area contributed by atoms with Crippen LogP contribution in [0.3, 0.4) is 0 Å². The molecule has 0 bridgehead atoms. The van der Waals surface area contributed by atoms with Gasteiger partial charge in [-0.1, -0.05) is 29.8 Å². The number of nitrogens with zero attached hydrogens (tertiary/aromatic N) is 1. The third-order valence-electron chi connectivity index (χ3n) is 4.56. The van der Waals surface area contributed by atoms with Gasteiger partial charge in [0.2, 0.25) is 5.91 Å². The van der Waals surface area contributed by atoms with E-state index < -0.39 is 5.41 Å². The van der Waals surface area contributed by atoms with Crippen molar-refractivity contribution < 1.29 is 4.79 Å². The van der Waals surface area contributed by atoms with Gasteiger partial charge in [0, 0.05) is 12.6 Å². The SMILES string of the molecule is Cc1ccc(C(C)(C)C(=O)N2CC(CN)CC2C)cc1.Cl. The number of rotatable bonds is 3. The number of hydrogen-bond donors (Lipinski definition) is 1. The lowest BCUT2D eigenvalue weighted by atomic mass is 9.82. The molecule has 3 nitrogen and oxygen atoms in total. The lowest BCUT2D eigenvalue weighted by molar-refractivity contribution is -0.136. The molecule has 118 valence electrons. The van der Waals surface area contributed by atoms with E-state index in [4.69, 9.17) is 5.73 Å². The molecule has 2 rings (SSSR count). The number of benzene rings is 1. The van der Waals surface area contributed by atoms with Crippen molar-refractivity contribution in [2.75, 3.05) is 13.1 Å². The molecular formula is C17H27ClN2O. The molecule has 21 heavy (non-hydrogen) atoms. The molecule has 0 saturated carbocycles. The lowest BCUT2D eigenvalue weighted by Crippen LogP contribution is -2.45. The van der Waals surface area contributed by atoms with E-state index in [9.17, 15) is 4.79 Å². The minimum Gasteiger partial charge on any atom is -0.339 e. The van der Waals surface area contributed by atoms with Gasteiger partial charge in [-0.25, -0.2) is 0 Å². The molecular weight excluding hydrogens is 284 g/mol. The second kappa shape index (κ2) is 6.80. The van der Waals surface area contributed by atoms with E-state index in [1.807, 2.05) is 18.7 Å². The minimum atomic E-state index is -0.481. The first-order valence-corrected chi connectivity index (χ1v) is 7.44. The van der Waals surface area contributed by atoms with Crippen molar-refractivity contribution in [1.29, 1.82) is 0 Å². The molecule has 0 aromatic heterocycles. The molecule has 2 atom stereocenters. The third-order valence-corrected chi connectivity index (χ3v) is 4.56. The molecule has 4 heteroatoms. The number of aryl methyl sites for hydroxylation is 1. The van der Waals surface area contributed by atoms with E-state index in [2.05, 4.69) is 38.1 Å². The van der Waals surface area contributed by atoms with Crippen LogP contribution in [-0.2, 0) is 10.2 Å². The quantitative estimate of drug-likeness (QED) is 0.933. The van der Waals surface area contributed by atoms with Crippen LogP contribution in [0.15, 0.2) is 24.3 Å². The maximum absolute atomic E-state index is 12.9. The average molecular weight is 311 g/mol. The van der Waals surface area contributed by atoms with Crippen molar-refractivity contribution in [3.8, 4) is 0 Å². The number of nitrogens with two attached hydrogens (primary N) is 1. The summed E-state index contributed by atoms with van der Waals surface area (Å²) in [6.45, 7) is 9.68. The highest BCUT2D eigenvalue weighted by Gasteiger charge is 2.39. The molecule has 1 heterocycles. The highest BCUT2D eigenvalue weighted by atomic mass is 35.5. The summed E-state index contributed by atoms with van der Waals surface area (Å²) in [6, 6.07) is 8.56. The van der Waals surface area contributed by atoms with Crippen molar-refractivity contribution in [1.82, 2.24) is 4.90 Å². The van der Waals surface area contributed by atoms with Crippen LogP contribution in [0.1, 0.15) is 38.3 Å². The van der Waals surface area contributed by atoms with Crippen molar-refractivity contribution >= 4 is 18.3 Å². The molecule has 2 unspecified atom stereocenters. The molecule has 1 aromatic rings. The van der Waals surface area contributed by atoms with E-state index in [1.54, 1.807) is 0 Å². The number of amides is 1. The summed E-state index contributed by atoms with van der Waals surface area (Å²) in [5.74, 6) is 0.660. The molecule has 1 amide bonds. The largest absolute Gasteiger partial charge is 0.339 e. The Morgan fingerprint density at radius 3 is 2.38 bits per heavy atom. The predicted molar refractivity (Wildman–Crippen MR) is 89.8 cm³/mol. The first-order chi connectivity index (χ1) is 9.36. The Labute approximate surface area is 134 Å². The Hall–Kier alpha value is -1.06. The smallest absolute Gasteiger partial charge is 0.232 e. The van der Waals surface area contributed by atoms with Gasteiger partial charge in [-0.2, -0.15) is 0 Å². The Balaban J connectivity index is 0.00000220. The molecule has 1 saturated heterocycles. The number of likely N-dealkylation sites (tertiary alicyclic amines) is 1. The predicted octanol–water partition coefficient (Wildman–Crippen LogP) is 2.89. The first-order valence-electron chi connectivity index (χ1n) is 7.44. The highest BCUT2D eigenvalue weighted by Crippen LogP contribution is 2.31. The molecule has 1 fully saturated rings. The summed E-state index contributed by atoms with van der Waals surface area (Å²) in [5, 5.41) is 0. The zero-order chi connectivity index (χ0) is 14.9. The topological polar surface area (TPSA) is 46.3 Å². The Morgan fingerprint density at radius 2 is 1.90 bits per heavy atom. The molecule has 2 N–H and O–H groups in total. The van der Waals surface area contributed by atoms with Gasteiger partial charge in [0.1, 0.15) is 0 Å². The van der Waals surface area contributed by atoms with Crippen LogP contribution in [0.25, 0.3) is 0 Å². The van der Waals surface area contributed by atoms with E-state index in [0.717, 1.165) is 18.5 Å². The van der Waals surface area contributed by atoms with Crippen molar-refractivity contribution in [3.63, 3.8) is 0 Å². The van der Waals surface area contributed by atoms with Crippen molar-refractivity contribution in [3.05, 3.63) is 35.4 Å². The molecule has 1 aliphatic rings. The second-order valence-corrected chi connectivity index (χ2v) is 6.63. The fraction of sp³-hybridized carbons (Fsp3) is 0.588. The molecule has 1 aliphatic heterocycles. The maximum Gasteiger partial charge on any atom is 0.232 e. The maximum atomic E-state index is 12.9. The van der Waals surface area contributed by atoms with Crippen LogP contribution in [0.5, 0.6) is 0 Å². The lowest BCUT2D eigenvalue weighted by Gasteiger charge is -2.32. The third kappa shape index (κ3) is 3.58. The van der Waals surface area contributed by atoms with Gasteiger partial charge in [-0.15, -0.1) is 12.4 Å². The van der Waals surface area contributed by atoms with Gasteiger partial charge < -0.3 is 10.6 Å². The summed E-state index contributed by atoms with van der Waals surface area (Å²) in [6.07, 6.45) is 1.02. The van der Waals surface area contributed by atoms with Crippen LogP contribution < -0.4 is 5.73 Å². The van der Waals surface area contributed by atoms with E-state index >= 15 is 0 Å². The first kappa shape index (κ1) is 18.0. The zero-order valence-electron chi connectivity index (χ0n) is 13.4. The van der Waals surface area contributed by atoms with E-state index in [0.29, 0.717) is 18.5 Å². The Kier molecular flexibility index (Phi) is 5.83. The number of carbonyl (C=O) groups excluding carboxylic acids is 1. The summed E-state index contributed by atoms with van der Waals surface area (Å²) in [7, 11) is 0.